The van der Waals surface area contributed by atoms with Gasteiger partial charge >= 0.3 is 5.97 Å². The standard InChI is InChI=1S/C20H18ClF2NO3/c21-18-11-17(23)6-3-15(18)12-27-20(26)14-7-9-24(10-8-14)19(25)13-1-4-16(22)5-2-13/h1-6,11,14H,7-10,12H2. The molecule has 3 rings (SSSR count). The lowest BCUT2D eigenvalue weighted by atomic mass is 9.96. The Morgan fingerprint density at radius 1 is 1.04 bits per heavy atom. The Morgan fingerprint density at radius 2 is 1.67 bits per heavy atom. The summed E-state index contributed by atoms with van der Waals surface area (Å²) in [5, 5.41) is 0.211. The van der Waals surface area contributed by atoms with Crippen LogP contribution in [0.15, 0.2) is 42.5 Å². The molecule has 2 aromatic carbocycles. The second-order valence-electron chi connectivity index (χ2n) is 6.42. The van der Waals surface area contributed by atoms with Gasteiger partial charge in [0.1, 0.15) is 18.2 Å². The molecule has 0 aromatic heterocycles. The summed E-state index contributed by atoms with van der Waals surface area (Å²) in [6, 6.07) is 9.30. The number of piperidine rings is 1. The van der Waals surface area contributed by atoms with Crippen LogP contribution in [0.2, 0.25) is 5.02 Å². The second kappa shape index (κ2) is 8.48. The Kier molecular flexibility index (Phi) is 6.06. The molecule has 0 saturated carbocycles. The van der Waals surface area contributed by atoms with Crippen molar-refractivity contribution in [1.82, 2.24) is 4.90 Å². The van der Waals surface area contributed by atoms with Gasteiger partial charge in [-0.2, -0.15) is 0 Å². The summed E-state index contributed by atoms with van der Waals surface area (Å²) in [4.78, 5) is 26.3. The van der Waals surface area contributed by atoms with Gasteiger partial charge in [-0.05, 0) is 49.2 Å². The van der Waals surface area contributed by atoms with Gasteiger partial charge in [-0.3, -0.25) is 9.59 Å². The molecule has 0 N–H and O–H groups in total. The lowest BCUT2D eigenvalue weighted by Gasteiger charge is -2.31. The van der Waals surface area contributed by atoms with Crippen LogP contribution >= 0.6 is 11.6 Å². The van der Waals surface area contributed by atoms with Crippen LogP contribution in [0.25, 0.3) is 0 Å². The summed E-state index contributed by atoms with van der Waals surface area (Å²) in [7, 11) is 0. The molecule has 7 heteroatoms. The summed E-state index contributed by atoms with van der Waals surface area (Å²) in [5.41, 5.74) is 0.957. The first-order valence-electron chi connectivity index (χ1n) is 8.59. The molecule has 0 bridgehead atoms. The number of halogens is 3. The zero-order valence-electron chi connectivity index (χ0n) is 14.5. The van der Waals surface area contributed by atoms with Gasteiger partial charge in [0.05, 0.1) is 10.9 Å². The number of ether oxygens (including phenoxy) is 1. The van der Waals surface area contributed by atoms with Crippen molar-refractivity contribution in [3.05, 3.63) is 70.2 Å². The SMILES string of the molecule is O=C(OCc1ccc(F)cc1Cl)C1CCN(C(=O)c2ccc(F)cc2)CC1. The first-order valence-corrected chi connectivity index (χ1v) is 8.97. The molecule has 0 aliphatic carbocycles. The number of likely N-dealkylation sites (tertiary alicyclic amines) is 1. The predicted octanol–water partition coefficient (Wildman–Crippen LogP) is 4.21. The number of carbonyl (C=O) groups excluding carboxylic acids is 2. The van der Waals surface area contributed by atoms with Crippen molar-refractivity contribution in [3.8, 4) is 0 Å². The molecule has 0 unspecified atom stereocenters. The van der Waals surface area contributed by atoms with Crippen molar-refractivity contribution in [1.29, 1.82) is 0 Å². The van der Waals surface area contributed by atoms with Crippen LogP contribution in [0.3, 0.4) is 0 Å². The Bertz CT molecular complexity index is 834. The number of nitrogens with zero attached hydrogens (tertiary/aromatic N) is 1. The highest BCUT2D eigenvalue weighted by Gasteiger charge is 2.29. The van der Waals surface area contributed by atoms with Crippen LogP contribution in [-0.2, 0) is 16.1 Å². The molecule has 0 atom stereocenters. The third kappa shape index (κ3) is 4.83. The van der Waals surface area contributed by atoms with Gasteiger partial charge in [0.15, 0.2) is 0 Å². The molecule has 1 fully saturated rings. The zero-order chi connectivity index (χ0) is 19.4. The molecule has 1 amide bonds. The maximum atomic E-state index is 13.0. The highest BCUT2D eigenvalue weighted by Crippen LogP contribution is 2.23. The molecule has 0 spiro atoms. The average Bonchev–Trinajstić information content (AvgIpc) is 2.67. The summed E-state index contributed by atoms with van der Waals surface area (Å²) in [5.74, 6) is -1.69. The quantitative estimate of drug-likeness (QED) is 0.731. The molecular weight excluding hydrogens is 376 g/mol. The third-order valence-corrected chi connectivity index (χ3v) is 4.94. The highest BCUT2D eigenvalue weighted by atomic mass is 35.5. The summed E-state index contributed by atoms with van der Waals surface area (Å²) in [6.45, 7) is 0.827. The fourth-order valence-corrected chi connectivity index (χ4v) is 3.22. The number of rotatable bonds is 4. The van der Waals surface area contributed by atoms with Crippen LogP contribution < -0.4 is 0 Å². The molecule has 27 heavy (non-hydrogen) atoms. The van der Waals surface area contributed by atoms with Gasteiger partial charge in [0, 0.05) is 24.2 Å². The Balaban J connectivity index is 1.50. The van der Waals surface area contributed by atoms with Gasteiger partial charge in [-0.1, -0.05) is 17.7 Å². The van der Waals surface area contributed by atoms with E-state index in [0.29, 0.717) is 37.1 Å². The number of esters is 1. The molecular formula is C20H18ClF2NO3. The molecule has 2 aromatic rings. The Morgan fingerprint density at radius 3 is 2.30 bits per heavy atom. The van der Waals surface area contributed by atoms with Crippen molar-refractivity contribution in [3.63, 3.8) is 0 Å². The van der Waals surface area contributed by atoms with Crippen LogP contribution in [0.4, 0.5) is 8.78 Å². The summed E-state index contributed by atoms with van der Waals surface area (Å²) in [6.07, 6.45) is 0.978. The van der Waals surface area contributed by atoms with Gasteiger partial charge < -0.3 is 9.64 Å². The van der Waals surface area contributed by atoms with E-state index in [2.05, 4.69) is 0 Å². The molecule has 1 heterocycles. The molecule has 1 saturated heterocycles. The first kappa shape index (κ1) is 19.3. The fourth-order valence-electron chi connectivity index (χ4n) is 3.00. The van der Waals surface area contributed by atoms with Gasteiger partial charge in [0.2, 0.25) is 0 Å². The van der Waals surface area contributed by atoms with E-state index in [1.165, 1.54) is 42.5 Å². The van der Waals surface area contributed by atoms with Crippen molar-refractivity contribution < 1.29 is 23.1 Å². The zero-order valence-corrected chi connectivity index (χ0v) is 15.2. The maximum absolute atomic E-state index is 13.0. The molecule has 4 nitrogen and oxygen atoms in total. The lowest BCUT2D eigenvalue weighted by molar-refractivity contribution is -0.151. The van der Waals surface area contributed by atoms with Crippen LogP contribution in [0, 0.1) is 17.6 Å². The second-order valence-corrected chi connectivity index (χ2v) is 6.82. The summed E-state index contributed by atoms with van der Waals surface area (Å²) < 4.78 is 31.3. The minimum atomic E-state index is -0.451. The van der Waals surface area contributed by atoms with E-state index in [1.54, 1.807) is 4.90 Å². The van der Waals surface area contributed by atoms with Crippen molar-refractivity contribution in [2.45, 2.75) is 19.4 Å². The van der Waals surface area contributed by atoms with E-state index in [-0.39, 0.29) is 29.4 Å². The smallest absolute Gasteiger partial charge is 0.309 e. The largest absolute Gasteiger partial charge is 0.461 e. The average molecular weight is 394 g/mol. The normalized spacial score (nSPS) is 14.9. The summed E-state index contributed by atoms with van der Waals surface area (Å²) >= 11 is 5.92. The highest BCUT2D eigenvalue weighted by molar-refractivity contribution is 6.31. The van der Waals surface area contributed by atoms with E-state index >= 15 is 0 Å². The Hall–Kier alpha value is -2.47. The van der Waals surface area contributed by atoms with Crippen LogP contribution in [0.1, 0.15) is 28.8 Å². The number of hydrogen-bond acceptors (Lipinski definition) is 3. The minimum absolute atomic E-state index is 0.0212. The van der Waals surface area contributed by atoms with Gasteiger partial charge in [0.25, 0.3) is 5.91 Å². The monoisotopic (exact) mass is 393 g/mol. The third-order valence-electron chi connectivity index (χ3n) is 4.59. The van der Waals surface area contributed by atoms with Crippen LogP contribution in [0.5, 0.6) is 0 Å². The van der Waals surface area contributed by atoms with E-state index in [9.17, 15) is 18.4 Å². The van der Waals surface area contributed by atoms with E-state index in [4.69, 9.17) is 16.3 Å². The topological polar surface area (TPSA) is 46.6 Å². The Labute approximate surface area is 160 Å². The van der Waals surface area contributed by atoms with Crippen molar-refractivity contribution in [2.75, 3.05) is 13.1 Å². The maximum Gasteiger partial charge on any atom is 0.309 e. The number of carbonyl (C=O) groups is 2. The number of benzene rings is 2. The predicted molar refractivity (Wildman–Crippen MR) is 96.2 cm³/mol. The molecule has 1 aliphatic heterocycles. The van der Waals surface area contributed by atoms with Gasteiger partial charge in [-0.25, -0.2) is 8.78 Å². The number of amides is 1. The molecule has 1 aliphatic rings. The fraction of sp³-hybridized carbons (Fsp3) is 0.300. The van der Waals surface area contributed by atoms with E-state index < -0.39 is 11.6 Å². The van der Waals surface area contributed by atoms with E-state index in [1.807, 2.05) is 0 Å². The lowest BCUT2D eigenvalue weighted by Crippen LogP contribution is -2.40. The van der Waals surface area contributed by atoms with E-state index in [0.717, 1.165) is 0 Å². The van der Waals surface area contributed by atoms with Crippen LogP contribution in [-0.4, -0.2) is 29.9 Å². The molecule has 142 valence electrons. The number of hydrogen-bond donors (Lipinski definition) is 0. The van der Waals surface area contributed by atoms with Crippen molar-refractivity contribution in [2.24, 2.45) is 5.92 Å². The first-order chi connectivity index (χ1) is 12.9. The van der Waals surface area contributed by atoms with Crippen molar-refractivity contribution >= 4 is 23.5 Å². The molecule has 0 radical (unpaired) electrons. The van der Waals surface area contributed by atoms with Gasteiger partial charge in [-0.15, -0.1) is 0 Å². The minimum Gasteiger partial charge on any atom is -0.461 e.